The molecule has 1 amide bonds. The summed E-state index contributed by atoms with van der Waals surface area (Å²) in [7, 11) is 1.90. The number of nitrogens with zero attached hydrogens (tertiary/aromatic N) is 4. The fraction of sp³-hybridized carbons (Fsp3) is 0.471. The SMILES string of the molecule is CCN1C(=O)CC[C@H](CNc2ccncc2Cl)[C@H]1c1cnn(C)c1. The van der Waals surface area contributed by atoms with E-state index in [1.54, 1.807) is 17.1 Å². The van der Waals surface area contributed by atoms with Gasteiger partial charge < -0.3 is 10.2 Å². The lowest BCUT2D eigenvalue weighted by Gasteiger charge is -2.40. The molecule has 2 atom stereocenters. The number of pyridine rings is 1. The molecule has 2 aromatic rings. The lowest BCUT2D eigenvalue weighted by atomic mass is 9.85. The van der Waals surface area contributed by atoms with Gasteiger partial charge in [-0.3, -0.25) is 14.5 Å². The van der Waals surface area contributed by atoms with Gasteiger partial charge in [0.05, 0.1) is 22.9 Å². The summed E-state index contributed by atoms with van der Waals surface area (Å²) in [6, 6.07) is 1.91. The van der Waals surface area contributed by atoms with Crippen LogP contribution in [0.2, 0.25) is 5.02 Å². The van der Waals surface area contributed by atoms with E-state index in [0.717, 1.165) is 24.2 Å². The summed E-state index contributed by atoms with van der Waals surface area (Å²) in [5.41, 5.74) is 1.96. The lowest BCUT2D eigenvalue weighted by Crippen LogP contribution is -2.44. The molecule has 2 aromatic heterocycles. The van der Waals surface area contributed by atoms with E-state index in [-0.39, 0.29) is 11.9 Å². The fourth-order valence-corrected chi connectivity index (χ4v) is 3.60. The van der Waals surface area contributed by atoms with E-state index in [0.29, 0.717) is 23.9 Å². The molecule has 1 fully saturated rings. The van der Waals surface area contributed by atoms with Crippen LogP contribution >= 0.6 is 11.6 Å². The number of carbonyl (C=O) groups excluding carboxylic acids is 1. The zero-order valence-corrected chi connectivity index (χ0v) is 14.7. The predicted octanol–water partition coefficient (Wildman–Crippen LogP) is 2.88. The van der Waals surface area contributed by atoms with E-state index in [1.165, 1.54) is 0 Å². The van der Waals surface area contributed by atoms with Gasteiger partial charge in [-0.25, -0.2) is 0 Å². The molecule has 128 valence electrons. The summed E-state index contributed by atoms with van der Waals surface area (Å²) in [5.74, 6) is 0.514. The molecular formula is C17H22ClN5O. The predicted molar refractivity (Wildman–Crippen MR) is 93.8 cm³/mol. The van der Waals surface area contributed by atoms with Crippen LogP contribution in [-0.4, -0.2) is 38.7 Å². The third kappa shape index (κ3) is 3.38. The van der Waals surface area contributed by atoms with Crippen LogP contribution in [0.5, 0.6) is 0 Å². The number of nitrogens with one attached hydrogen (secondary N) is 1. The Balaban J connectivity index is 1.81. The lowest BCUT2D eigenvalue weighted by molar-refractivity contribution is -0.138. The van der Waals surface area contributed by atoms with Gasteiger partial charge in [0.2, 0.25) is 5.91 Å². The third-order valence-electron chi connectivity index (χ3n) is 4.57. The Morgan fingerprint density at radius 2 is 2.25 bits per heavy atom. The molecule has 24 heavy (non-hydrogen) atoms. The van der Waals surface area contributed by atoms with Crippen molar-refractivity contribution in [3.05, 3.63) is 41.4 Å². The number of anilines is 1. The van der Waals surface area contributed by atoms with Gasteiger partial charge in [-0.1, -0.05) is 11.6 Å². The Kier molecular flexibility index (Phi) is 5.04. The highest BCUT2D eigenvalue weighted by atomic mass is 35.5. The summed E-state index contributed by atoms with van der Waals surface area (Å²) in [4.78, 5) is 18.3. The summed E-state index contributed by atoms with van der Waals surface area (Å²) in [5, 5.41) is 8.30. The van der Waals surface area contributed by atoms with Gasteiger partial charge in [0.15, 0.2) is 0 Å². The number of amides is 1. The summed E-state index contributed by atoms with van der Waals surface area (Å²) >= 11 is 6.17. The van der Waals surface area contributed by atoms with Gasteiger partial charge in [0.25, 0.3) is 0 Å². The molecular weight excluding hydrogens is 326 g/mol. The quantitative estimate of drug-likeness (QED) is 0.903. The Bertz CT molecular complexity index is 717. The highest BCUT2D eigenvalue weighted by Gasteiger charge is 2.36. The van der Waals surface area contributed by atoms with Gasteiger partial charge in [0, 0.05) is 56.6 Å². The molecule has 1 aliphatic rings. The van der Waals surface area contributed by atoms with E-state index < -0.39 is 0 Å². The molecule has 0 radical (unpaired) electrons. The second-order valence-corrected chi connectivity index (χ2v) is 6.51. The van der Waals surface area contributed by atoms with Crippen molar-refractivity contribution < 1.29 is 4.79 Å². The van der Waals surface area contributed by atoms with Crippen molar-refractivity contribution in [3.63, 3.8) is 0 Å². The second-order valence-electron chi connectivity index (χ2n) is 6.11. The first-order chi connectivity index (χ1) is 11.6. The van der Waals surface area contributed by atoms with E-state index >= 15 is 0 Å². The van der Waals surface area contributed by atoms with Crippen molar-refractivity contribution in [1.29, 1.82) is 0 Å². The van der Waals surface area contributed by atoms with Gasteiger partial charge in [-0.2, -0.15) is 5.10 Å². The Morgan fingerprint density at radius 3 is 2.92 bits per heavy atom. The average Bonchev–Trinajstić information content (AvgIpc) is 3.00. The van der Waals surface area contributed by atoms with Crippen LogP contribution < -0.4 is 5.32 Å². The molecule has 1 N–H and O–H groups in total. The molecule has 0 aromatic carbocycles. The standard InChI is InChI=1S/C17H22ClN5O/c1-3-23-16(24)5-4-12(17(23)13-9-21-22(2)11-13)8-20-15-6-7-19-10-14(15)18/h6-7,9-12,17H,3-5,8H2,1-2H3,(H,19,20)/t12-,17+/m1/s1. The Hall–Kier alpha value is -2.08. The number of hydrogen-bond donors (Lipinski definition) is 1. The zero-order valence-electron chi connectivity index (χ0n) is 13.9. The molecule has 0 spiro atoms. The van der Waals surface area contributed by atoms with Crippen molar-refractivity contribution in [3.8, 4) is 0 Å². The number of aromatic nitrogens is 3. The van der Waals surface area contributed by atoms with Crippen LogP contribution in [0, 0.1) is 5.92 Å². The van der Waals surface area contributed by atoms with Crippen molar-refractivity contribution in [1.82, 2.24) is 19.7 Å². The number of aryl methyl sites for hydroxylation is 1. The number of carbonyl (C=O) groups is 1. The minimum Gasteiger partial charge on any atom is -0.383 e. The summed E-state index contributed by atoms with van der Waals surface area (Å²) in [6.45, 7) is 3.47. The highest BCUT2D eigenvalue weighted by molar-refractivity contribution is 6.33. The van der Waals surface area contributed by atoms with Gasteiger partial charge in [-0.05, 0) is 19.4 Å². The zero-order chi connectivity index (χ0) is 17.1. The van der Waals surface area contributed by atoms with E-state index in [9.17, 15) is 4.79 Å². The van der Waals surface area contributed by atoms with Crippen molar-refractivity contribution >= 4 is 23.2 Å². The van der Waals surface area contributed by atoms with E-state index in [2.05, 4.69) is 15.4 Å². The minimum atomic E-state index is 0.0399. The number of likely N-dealkylation sites (tertiary alicyclic amines) is 1. The molecule has 7 heteroatoms. The molecule has 3 heterocycles. The smallest absolute Gasteiger partial charge is 0.223 e. The van der Waals surface area contributed by atoms with Gasteiger partial charge >= 0.3 is 0 Å². The maximum atomic E-state index is 12.3. The van der Waals surface area contributed by atoms with Crippen LogP contribution in [0.25, 0.3) is 0 Å². The maximum absolute atomic E-state index is 12.3. The largest absolute Gasteiger partial charge is 0.383 e. The molecule has 0 bridgehead atoms. The molecule has 1 aliphatic heterocycles. The Morgan fingerprint density at radius 1 is 1.42 bits per heavy atom. The van der Waals surface area contributed by atoms with Crippen LogP contribution in [0.4, 0.5) is 5.69 Å². The molecule has 0 unspecified atom stereocenters. The van der Waals surface area contributed by atoms with E-state index in [1.807, 2.05) is 37.3 Å². The molecule has 0 aliphatic carbocycles. The first kappa shape index (κ1) is 16.8. The van der Waals surface area contributed by atoms with Gasteiger partial charge in [0.1, 0.15) is 0 Å². The number of rotatable bonds is 5. The van der Waals surface area contributed by atoms with Crippen molar-refractivity contribution in [2.45, 2.75) is 25.8 Å². The first-order valence-electron chi connectivity index (χ1n) is 8.21. The first-order valence-corrected chi connectivity index (χ1v) is 8.59. The van der Waals surface area contributed by atoms with Gasteiger partial charge in [-0.15, -0.1) is 0 Å². The van der Waals surface area contributed by atoms with E-state index in [4.69, 9.17) is 11.6 Å². The summed E-state index contributed by atoms with van der Waals surface area (Å²) < 4.78 is 1.78. The highest BCUT2D eigenvalue weighted by Crippen LogP contribution is 2.36. The van der Waals surface area contributed by atoms with Crippen molar-refractivity contribution in [2.75, 3.05) is 18.4 Å². The molecule has 1 saturated heterocycles. The second kappa shape index (κ2) is 7.21. The van der Waals surface area contributed by atoms with Crippen LogP contribution in [0.15, 0.2) is 30.9 Å². The number of hydrogen-bond acceptors (Lipinski definition) is 4. The minimum absolute atomic E-state index is 0.0399. The van der Waals surface area contributed by atoms with Crippen LogP contribution in [-0.2, 0) is 11.8 Å². The normalized spacial score (nSPS) is 21.1. The maximum Gasteiger partial charge on any atom is 0.223 e. The van der Waals surface area contributed by atoms with Crippen LogP contribution in [0.3, 0.4) is 0 Å². The monoisotopic (exact) mass is 347 g/mol. The third-order valence-corrected chi connectivity index (χ3v) is 4.87. The average molecular weight is 348 g/mol. The molecule has 6 nitrogen and oxygen atoms in total. The summed E-state index contributed by atoms with van der Waals surface area (Å²) in [6.07, 6.45) is 8.64. The Labute approximate surface area is 146 Å². The van der Waals surface area contributed by atoms with Crippen molar-refractivity contribution in [2.24, 2.45) is 13.0 Å². The number of piperidine rings is 1. The number of halogens is 1. The molecule has 3 rings (SSSR count). The topological polar surface area (TPSA) is 63.1 Å². The fourth-order valence-electron chi connectivity index (χ4n) is 3.41. The van der Waals surface area contributed by atoms with Crippen LogP contribution in [0.1, 0.15) is 31.4 Å². The molecule has 0 saturated carbocycles.